The largest absolute Gasteiger partial charge is 0.422 e. The van der Waals surface area contributed by atoms with Gasteiger partial charge in [-0.3, -0.25) is 9.69 Å². The van der Waals surface area contributed by atoms with Crippen LogP contribution >= 0.6 is 11.6 Å². The standard InChI is InChI=1S/C28H23ClN4O3/c29-21-10-8-19(9-11-21)26-23(33-12-4-3-7-25(33)30-26)18-31-13-15-32(16-14-31)27(34)22-17-20-5-1-2-6-24(20)36-28(22)35/h1-12,17H,13-16,18H2. The van der Waals surface area contributed by atoms with Gasteiger partial charge in [0, 0.05) is 54.9 Å². The molecule has 3 aromatic heterocycles. The summed E-state index contributed by atoms with van der Waals surface area (Å²) < 4.78 is 7.48. The van der Waals surface area contributed by atoms with E-state index in [2.05, 4.69) is 9.30 Å². The van der Waals surface area contributed by atoms with Crippen LogP contribution < -0.4 is 5.63 Å². The third-order valence-corrected chi connectivity index (χ3v) is 6.90. The van der Waals surface area contributed by atoms with E-state index in [9.17, 15) is 9.59 Å². The number of nitrogens with zero attached hydrogens (tertiary/aromatic N) is 4. The Bertz CT molecular complexity index is 1630. The number of rotatable bonds is 4. The minimum atomic E-state index is -0.598. The molecule has 7 nitrogen and oxygen atoms in total. The van der Waals surface area contributed by atoms with Gasteiger partial charge in [-0.1, -0.05) is 48.0 Å². The molecule has 0 radical (unpaired) electrons. The van der Waals surface area contributed by atoms with Gasteiger partial charge in [0.05, 0.1) is 11.4 Å². The van der Waals surface area contributed by atoms with Crippen LogP contribution in [0.15, 0.2) is 88.2 Å². The molecule has 1 saturated heterocycles. The average Bonchev–Trinajstić information content (AvgIpc) is 3.27. The van der Waals surface area contributed by atoms with Crippen molar-refractivity contribution in [1.82, 2.24) is 19.2 Å². The van der Waals surface area contributed by atoms with Crippen LogP contribution in [0.5, 0.6) is 0 Å². The molecule has 0 aliphatic carbocycles. The molecule has 180 valence electrons. The van der Waals surface area contributed by atoms with Gasteiger partial charge in [0.15, 0.2) is 0 Å². The van der Waals surface area contributed by atoms with Crippen molar-refractivity contribution < 1.29 is 9.21 Å². The van der Waals surface area contributed by atoms with E-state index in [1.54, 1.807) is 23.1 Å². The number of pyridine rings is 1. The van der Waals surface area contributed by atoms with Crippen molar-refractivity contribution in [3.05, 3.63) is 106 Å². The molecule has 1 fully saturated rings. The van der Waals surface area contributed by atoms with Gasteiger partial charge in [0.25, 0.3) is 5.91 Å². The second-order valence-corrected chi connectivity index (χ2v) is 9.33. The maximum absolute atomic E-state index is 13.2. The zero-order valence-electron chi connectivity index (χ0n) is 19.4. The topological polar surface area (TPSA) is 71.1 Å². The van der Waals surface area contributed by atoms with Crippen LogP contribution in [0, 0.1) is 0 Å². The molecule has 0 spiro atoms. The highest BCUT2D eigenvalue weighted by Gasteiger charge is 2.26. The summed E-state index contributed by atoms with van der Waals surface area (Å²) in [5, 5.41) is 1.42. The summed E-state index contributed by atoms with van der Waals surface area (Å²) in [6, 6.07) is 22.5. The Morgan fingerprint density at radius 2 is 1.69 bits per heavy atom. The molecule has 1 aliphatic rings. The molecule has 0 saturated carbocycles. The lowest BCUT2D eigenvalue weighted by Gasteiger charge is -2.34. The van der Waals surface area contributed by atoms with E-state index in [1.807, 2.05) is 60.8 Å². The fourth-order valence-corrected chi connectivity index (χ4v) is 4.86. The maximum atomic E-state index is 13.2. The Hall–Kier alpha value is -3.94. The summed E-state index contributed by atoms with van der Waals surface area (Å²) in [5.74, 6) is -0.286. The molecule has 4 heterocycles. The zero-order valence-corrected chi connectivity index (χ0v) is 20.2. The predicted molar refractivity (Wildman–Crippen MR) is 139 cm³/mol. The number of hydrogen-bond acceptors (Lipinski definition) is 5. The van der Waals surface area contributed by atoms with E-state index in [-0.39, 0.29) is 11.5 Å². The molecule has 0 bridgehead atoms. The zero-order chi connectivity index (χ0) is 24.6. The van der Waals surface area contributed by atoms with Crippen molar-refractivity contribution in [3.8, 4) is 11.3 Å². The number of carbonyl (C=O) groups is 1. The first-order valence-electron chi connectivity index (χ1n) is 11.8. The molecule has 5 aromatic rings. The molecule has 0 N–H and O–H groups in total. The van der Waals surface area contributed by atoms with Crippen molar-refractivity contribution in [2.75, 3.05) is 26.2 Å². The summed E-state index contributed by atoms with van der Waals surface area (Å²) in [5.41, 5.74) is 3.86. The molecule has 36 heavy (non-hydrogen) atoms. The second-order valence-electron chi connectivity index (χ2n) is 8.90. The molecule has 0 atom stereocenters. The van der Waals surface area contributed by atoms with Gasteiger partial charge < -0.3 is 13.7 Å². The van der Waals surface area contributed by atoms with Crippen LogP contribution in [0.4, 0.5) is 0 Å². The van der Waals surface area contributed by atoms with Crippen LogP contribution in [-0.2, 0) is 6.54 Å². The second kappa shape index (κ2) is 9.26. The van der Waals surface area contributed by atoms with E-state index in [4.69, 9.17) is 21.0 Å². The van der Waals surface area contributed by atoms with E-state index in [0.29, 0.717) is 43.3 Å². The van der Waals surface area contributed by atoms with Gasteiger partial charge in [-0.2, -0.15) is 0 Å². The van der Waals surface area contributed by atoms with Crippen LogP contribution in [0.2, 0.25) is 5.02 Å². The van der Waals surface area contributed by atoms with Crippen molar-refractivity contribution in [1.29, 1.82) is 0 Å². The molecule has 1 amide bonds. The third-order valence-electron chi connectivity index (χ3n) is 6.65. The van der Waals surface area contributed by atoms with Crippen LogP contribution in [-0.4, -0.2) is 51.3 Å². The van der Waals surface area contributed by atoms with Crippen LogP contribution in [0.1, 0.15) is 16.1 Å². The highest BCUT2D eigenvalue weighted by molar-refractivity contribution is 6.30. The van der Waals surface area contributed by atoms with Crippen molar-refractivity contribution in [3.63, 3.8) is 0 Å². The molecule has 8 heteroatoms. The average molecular weight is 499 g/mol. The molecule has 1 aliphatic heterocycles. The number of para-hydroxylation sites is 1. The normalized spacial score (nSPS) is 14.5. The smallest absolute Gasteiger partial charge is 0.349 e. The first-order chi connectivity index (χ1) is 17.6. The lowest BCUT2D eigenvalue weighted by atomic mass is 10.1. The van der Waals surface area contributed by atoms with E-state index in [0.717, 1.165) is 28.0 Å². The summed E-state index contributed by atoms with van der Waals surface area (Å²) in [6.45, 7) is 3.11. The first-order valence-corrected chi connectivity index (χ1v) is 12.2. The van der Waals surface area contributed by atoms with E-state index < -0.39 is 5.63 Å². The van der Waals surface area contributed by atoms with Crippen LogP contribution in [0.3, 0.4) is 0 Å². The van der Waals surface area contributed by atoms with Gasteiger partial charge >= 0.3 is 5.63 Å². The Balaban J connectivity index is 1.22. The minimum Gasteiger partial charge on any atom is -0.422 e. The lowest BCUT2D eigenvalue weighted by Crippen LogP contribution is -2.49. The summed E-state index contributed by atoms with van der Waals surface area (Å²) >= 11 is 6.10. The summed E-state index contributed by atoms with van der Waals surface area (Å²) in [6.07, 6.45) is 2.02. The Kier molecular flexibility index (Phi) is 5.79. The molecule has 6 rings (SSSR count). The third kappa shape index (κ3) is 4.17. The number of imidazole rings is 1. The van der Waals surface area contributed by atoms with Crippen molar-refractivity contribution in [2.24, 2.45) is 0 Å². The number of carbonyl (C=O) groups excluding carboxylic acids is 1. The Morgan fingerprint density at radius 3 is 2.50 bits per heavy atom. The molecule has 0 unspecified atom stereocenters. The molecule has 2 aromatic carbocycles. The highest BCUT2D eigenvalue weighted by Crippen LogP contribution is 2.27. The monoisotopic (exact) mass is 498 g/mol. The van der Waals surface area contributed by atoms with Gasteiger partial charge in [0.1, 0.15) is 16.8 Å². The lowest BCUT2D eigenvalue weighted by molar-refractivity contribution is 0.0623. The Labute approximate surface area is 212 Å². The molecular formula is C28H23ClN4O3. The minimum absolute atomic E-state index is 0.0777. The SMILES string of the molecule is O=C(c1cc2ccccc2oc1=O)N1CCN(Cc2c(-c3ccc(Cl)cc3)nc3ccccn23)CC1. The van der Waals surface area contributed by atoms with Crippen molar-refractivity contribution in [2.45, 2.75) is 6.54 Å². The molecular weight excluding hydrogens is 476 g/mol. The highest BCUT2D eigenvalue weighted by atomic mass is 35.5. The quantitative estimate of drug-likeness (QED) is 0.335. The van der Waals surface area contributed by atoms with Crippen molar-refractivity contribution >= 4 is 34.1 Å². The van der Waals surface area contributed by atoms with Crippen LogP contribution in [0.25, 0.3) is 27.9 Å². The summed E-state index contributed by atoms with van der Waals surface area (Å²) in [4.78, 5) is 34.5. The maximum Gasteiger partial charge on any atom is 0.349 e. The fraction of sp³-hybridized carbons (Fsp3) is 0.179. The number of piperazine rings is 1. The number of fused-ring (bicyclic) bond motifs is 2. The predicted octanol–water partition coefficient (Wildman–Crippen LogP) is 4.72. The van der Waals surface area contributed by atoms with Gasteiger partial charge in [-0.25, -0.2) is 9.78 Å². The Morgan fingerprint density at radius 1 is 0.944 bits per heavy atom. The van der Waals surface area contributed by atoms with Gasteiger partial charge in [-0.05, 0) is 36.4 Å². The summed E-state index contributed by atoms with van der Waals surface area (Å²) in [7, 11) is 0. The number of halogens is 1. The van der Waals surface area contributed by atoms with Gasteiger partial charge in [0.2, 0.25) is 0 Å². The number of aromatic nitrogens is 2. The first kappa shape index (κ1) is 22.5. The van der Waals surface area contributed by atoms with E-state index >= 15 is 0 Å². The number of benzene rings is 2. The fourth-order valence-electron chi connectivity index (χ4n) is 4.74. The van der Waals surface area contributed by atoms with E-state index in [1.165, 1.54) is 0 Å². The number of amides is 1. The van der Waals surface area contributed by atoms with Gasteiger partial charge in [-0.15, -0.1) is 0 Å². The number of hydrogen-bond donors (Lipinski definition) is 0.